The van der Waals surface area contributed by atoms with E-state index in [2.05, 4.69) is 31.6 Å². The van der Waals surface area contributed by atoms with Gasteiger partial charge in [0.2, 0.25) is 0 Å². The van der Waals surface area contributed by atoms with Crippen LogP contribution in [0.2, 0.25) is 0 Å². The van der Waals surface area contributed by atoms with Gasteiger partial charge in [0.15, 0.2) is 5.96 Å². The van der Waals surface area contributed by atoms with Crippen LogP contribution in [0.3, 0.4) is 0 Å². The van der Waals surface area contributed by atoms with Gasteiger partial charge in [0.25, 0.3) is 0 Å². The highest BCUT2D eigenvalue weighted by Crippen LogP contribution is 2.22. The van der Waals surface area contributed by atoms with Gasteiger partial charge in [-0.3, -0.25) is 4.99 Å². The molecule has 1 unspecified atom stereocenters. The quantitative estimate of drug-likeness (QED) is 0.613. The second-order valence-electron chi connectivity index (χ2n) is 4.38. The van der Waals surface area contributed by atoms with Crippen LogP contribution in [-0.4, -0.2) is 39.9 Å². The Morgan fingerprint density at radius 2 is 2.15 bits per heavy atom. The Morgan fingerprint density at radius 3 is 2.75 bits per heavy atom. The van der Waals surface area contributed by atoms with Gasteiger partial charge in [-0.15, -0.1) is 0 Å². The van der Waals surface area contributed by atoms with Crippen molar-refractivity contribution >= 4 is 21.9 Å². The maximum atomic E-state index is 5.34. The minimum Gasteiger partial charge on any atom is -0.496 e. The molecule has 0 aromatic heterocycles. The molecule has 1 aromatic carbocycles. The molecular formula is C14H22BrN3O2. The third-order valence-corrected chi connectivity index (χ3v) is 3.21. The van der Waals surface area contributed by atoms with Crippen molar-refractivity contribution < 1.29 is 9.47 Å². The zero-order chi connectivity index (χ0) is 15.0. The number of benzene rings is 1. The molecule has 0 saturated heterocycles. The summed E-state index contributed by atoms with van der Waals surface area (Å²) in [6.07, 6.45) is 0. The average Bonchev–Trinajstić information content (AvgIpc) is 2.43. The first-order valence-electron chi connectivity index (χ1n) is 6.39. The van der Waals surface area contributed by atoms with Crippen LogP contribution < -0.4 is 15.4 Å². The van der Waals surface area contributed by atoms with E-state index in [1.54, 1.807) is 21.3 Å². The predicted molar refractivity (Wildman–Crippen MR) is 85.4 cm³/mol. The molecule has 2 N–H and O–H groups in total. The maximum absolute atomic E-state index is 5.34. The van der Waals surface area contributed by atoms with Gasteiger partial charge >= 0.3 is 0 Å². The Balaban J connectivity index is 2.63. The van der Waals surface area contributed by atoms with E-state index in [0.29, 0.717) is 13.2 Å². The molecule has 0 spiro atoms. The summed E-state index contributed by atoms with van der Waals surface area (Å²) in [7, 11) is 5.09. The number of rotatable bonds is 6. The molecule has 20 heavy (non-hydrogen) atoms. The molecule has 0 saturated carbocycles. The molecule has 0 radical (unpaired) electrons. The minimum atomic E-state index is 0.190. The zero-order valence-corrected chi connectivity index (χ0v) is 14.0. The van der Waals surface area contributed by atoms with Crippen molar-refractivity contribution in [2.45, 2.75) is 19.5 Å². The summed E-state index contributed by atoms with van der Waals surface area (Å²) in [4.78, 5) is 4.19. The van der Waals surface area contributed by atoms with Gasteiger partial charge < -0.3 is 20.1 Å². The Morgan fingerprint density at radius 1 is 1.40 bits per heavy atom. The summed E-state index contributed by atoms with van der Waals surface area (Å²) in [6.45, 7) is 3.29. The van der Waals surface area contributed by atoms with Gasteiger partial charge in [-0.1, -0.05) is 15.9 Å². The number of hydrogen-bond donors (Lipinski definition) is 2. The van der Waals surface area contributed by atoms with Crippen LogP contribution in [0.1, 0.15) is 12.5 Å². The van der Waals surface area contributed by atoms with Crippen molar-refractivity contribution in [2.24, 2.45) is 4.99 Å². The van der Waals surface area contributed by atoms with Crippen molar-refractivity contribution in [2.75, 3.05) is 27.9 Å². The standard InChI is InChI=1S/C14H22BrN3O2/c1-10(9-19-3)18-14(16-2)17-8-11-7-12(15)5-6-13(11)20-4/h5-7,10H,8-9H2,1-4H3,(H2,16,17,18). The van der Waals surface area contributed by atoms with Crippen molar-refractivity contribution in [3.63, 3.8) is 0 Å². The van der Waals surface area contributed by atoms with Crippen LogP contribution in [0.4, 0.5) is 0 Å². The van der Waals surface area contributed by atoms with Crippen LogP contribution in [0.15, 0.2) is 27.7 Å². The van der Waals surface area contributed by atoms with Gasteiger partial charge in [0, 0.05) is 36.8 Å². The normalized spacial score (nSPS) is 12.9. The molecule has 6 heteroatoms. The Labute approximate surface area is 128 Å². The van der Waals surface area contributed by atoms with Gasteiger partial charge in [-0.25, -0.2) is 0 Å². The van der Waals surface area contributed by atoms with Crippen molar-refractivity contribution in [3.8, 4) is 5.75 Å². The van der Waals surface area contributed by atoms with Crippen molar-refractivity contribution in [1.82, 2.24) is 10.6 Å². The number of ether oxygens (including phenoxy) is 2. The fourth-order valence-corrected chi connectivity index (χ4v) is 2.19. The molecule has 112 valence electrons. The topological polar surface area (TPSA) is 54.9 Å². The third kappa shape index (κ3) is 5.38. The highest BCUT2D eigenvalue weighted by atomic mass is 79.9. The molecule has 0 aliphatic heterocycles. The van der Waals surface area contributed by atoms with E-state index in [9.17, 15) is 0 Å². The van der Waals surface area contributed by atoms with E-state index in [0.717, 1.165) is 21.7 Å². The SMILES string of the molecule is CN=C(NCc1cc(Br)ccc1OC)NC(C)COC. The number of halogens is 1. The van der Waals surface area contributed by atoms with E-state index < -0.39 is 0 Å². The monoisotopic (exact) mass is 343 g/mol. The first-order valence-corrected chi connectivity index (χ1v) is 7.18. The summed E-state index contributed by atoms with van der Waals surface area (Å²) < 4.78 is 11.5. The lowest BCUT2D eigenvalue weighted by Crippen LogP contribution is -2.43. The van der Waals surface area contributed by atoms with Crippen LogP contribution in [0, 0.1) is 0 Å². The Bertz CT molecular complexity index is 452. The molecule has 0 amide bonds. The lowest BCUT2D eigenvalue weighted by atomic mass is 10.2. The molecule has 0 heterocycles. The predicted octanol–water partition coefficient (Wildman–Crippen LogP) is 2.16. The molecule has 1 aromatic rings. The first-order chi connectivity index (χ1) is 9.60. The van der Waals surface area contributed by atoms with E-state index >= 15 is 0 Å². The lowest BCUT2D eigenvalue weighted by molar-refractivity contribution is 0.179. The molecular weight excluding hydrogens is 322 g/mol. The zero-order valence-electron chi connectivity index (χ0n) is 12.4. The first kappa shape index (κ1) is 16.8. The summed E-state index contributed by atoms with van der Waals surface area (Å²) in [5, 5.41) is 6.51. The lowest BCUT2D eigenvalue weighted by Gasteiger charge is -2.18. The molecule has 0 bridgehead atoms. The van der Waals surface area contributed by atoms with Gasteiger partial charge in [-0.2, -0.15) is 0 Å². The molecule has 5 nitrogen and oxygen atoms in total. The number of nitrogens with zero attached hydrogens (tertiary/aromatic N) is 1. The highest BCUT2D eigenvalue weighted by molar-refractivity contribution is 9.10. The summed E-state index contributed by atoms with van der Waals surface area (Å²) in [5.41, 5.74) is 1.06. The number of methoxy groups -OCH3 is 2. The number of hydrogen-bond acceptors (Lipinski definition) is 3. The molecule has 0 fully saturated rings. The summed E-state index contributed by atoms with van der Waals surface area (Å²) in [5.74, 6) is 1.58. The summed E-state index contributed by atoms with van der Waals surface area (Å²) in [6, 6.07) is 6.11. The number of nitrogens with one attached hydrogen (secondary N) is 2. The molecule has 0 aliphatic rings. The second kappa shape index (κ2) is 8.81. The fraction of sp³-hybridized carbons (Fsp3) is 0.500. The minimum absolute atomic E-state index is 0.190. The van der Waals surface area contributed by atoms with E-state index in [1.807, 2.05) is 25.1 Å². The van der Waals surface area contributed by atoms with E-state index in [4.69, 9.17) is 9.47 Å². The van der Waals surface area contributed by atoms with Crippen molar-refractivity contribution in [3.05, 3.63) is 28.2 Å². The second-order valence-corrected chi connectivity index (χ2v) is 5.30. The number of guanidine groups is 1. The maximum Gasteiger partial charge on any atom is 0.191 e. The molecule has 0 aliphatic carbocycles. The average molecular weight is 344 g/mol. The molecule has 1 atom stereocenters. The van der Waals surface area contributed by atoms with E-state index in [1.165, 1.54) is 0 Å². The van der Waals surface area contributed by atoms with Gasteiger partial charge in [-0.05, 0) is 25.1 Å². The Hall–Kier alpha value is -1.27. The van der Waals surface area contributed by atoms with Crippen molar-refractivity contribution in [1.29, 1.82) is 0 Å². The third-order valence-electron chi connectivity index (χ3n) is 2.71. The number of aliphatic imine (C=N–C) groups is 1. The summed E-state index contributed by atoms with van der Waals surface area (Å²) >= 11 is 3.46. The highest BCUT2D eigenvalue weighted by Gasteiger charge is 2.07. The van der Waals surface area contributed by atoms with Gasteiger partial charge in [0.05, 0.1) is 13.7 Å². The largest absolute Gasteiger partial charge is 0.496 e. The van der Waals surface area contributed by atoms with E-state index in [-0.39, 0.29) is 6.04 Å². The van der Waals surface area contributed by atoms with Crippen LogP contribution in [0.25, 0.3) is 0 Å². The molecule has 1 rings (SSSR count). The smallest absolute Gasteiger partial charge is 0.191 e. The van der Waals surface area contributed by atoms with Crippen LogP contribution in [-0.2, 0) is 11.3 Å². The van der Waals surface area contributed by atoms with Gasteiger partial charge in [0.1, 0.15) is 5.75 Å². The van der Waals surface area contributed by atoms with Crippen LogP contribution in [0.5, 0.6) is 5.75 Å². The van der Waals surface area contributed by atoms with Crippen LogP contribution >= 0.6 is 15.9 Å². The fourth-order valence-electron chi connectivity index (χ4n) is 1.78. The Kier molecular flexibility index (Phi) is 7.40.